The molecule has 0 atom stereocenters. The van der Waals surface area contributed by atoms with Crippen LogP contribution in [0.3, 0.4) is 0 Å². The third-order valence-electron chi connectivity index (χ3n) is 1.79. The molecule has 0 amide bonds. The first kappa shape index (κ1) is 12.0. The Morgan fingerprint density at radius 2 is 1.79 bits per heavy atom. The van der Waals surface area contributed by atoms with Gasteiger partial charge >= 0.3 is 104 Å². The van der Waals surface area contributed by atoms with Crippen LogP contribution in [0.4, 0.5) is 0 Å². The van der Waals surface area contributed by atoms with Crippen LogP contribution >= 0.6 is 0 Å². The summed E-state index contributed by atoms with van der Waals surface area (Å²) in [5, 5.41) is 0. The van der Waals surface area contributed by atoms with Crippen molar-refractivity contribution in [1.29, 1.82) is 0 Å². The third-order valence-corrected chi connectivity index (χ3v) is 3.83. The number of sulfone groups is 1. The minimum absolute atomic E-state index is 0.0763. The number of hydrogen-bond donors (Lipinski definition) is 0. The molecule has 0 saturated heterocycles. The molecule has 0 aliphatic heterocycles. The van der Waals surface area contributed by atoms with E-state index in [0.717, 1.165) is 37.2 Å². The first-order chi connectivity index (χ1) is 6.45. The molecule has 0 spiro atoms. The van der Waals surface area contributed by atoms with E-state index in [1.54, 1.807) is 12.1 Å². The molecule has 3 nitrogen and oxygen atoms in total. The molecular weight excluding hydrogens is 277 g/mol. The molecule has 1 aromatic rings. The summed E-state index contributed by atoms with van der Waals surface area (Å²) in [6.07, 6.45) is 1.15. The van der Waals surface area contributed by atoms with Gasteiger partial charge < -0.3 is 0 Å². The van der Waals surface area contributed by atoms with Crippen LogP contribution in [0, 0.1) is 0 Å². The predicted molar refractivity (Wildman–Crippen MR) is 48.7 cm³/mol. The van der Waals surface area contributed by atoms with Gasteiger partial charge in [0.1, 0.15) is 0 Å². The van der Waals surface area contributed by atoms with Crippen LogP contribution in [-0.2, 0) is 40.8 Å². The Bertz CT molecular complexity index is 434. The molecule has 0 radical (unpaired) electrons. The molecule has 0 aliphatic carbocycles. The predicted octanol–water partition coefficient (Wildman–Crippen LogP) is 1.24. The van der Waals surface area contributed by atoms with Crippen molar-refractivity contribution in [2.45, 2.75) is 8.13 Å². The quantitative estimate of drug-likeness (QED) is 0.785. The zero-order valence-corrected chi connectivity index (χ0v) is 11.4. The molecule has 5 heteroatoms. The normalized spacial score (nSPS) is 11.1. The van der Waals surface area contributed by atoms with E-state index in [0.29, 0.717) is 8.79 Å². The van der Waals surface area contributed by atoms with Crippen LogP contribution in [0.25, 0.3) is 0 Å². The maximum atomic E-state index is 11.3. The van der Waals surface area contributed by atoms with E-state index >= 15 is 0 Å². The van der Waals surface area contributed by atoms with Gasteiger partial charge in [-0.3, -0.25) is 0 Å². The van der Waals surface area contributed by atoms with Crippen LogP contribution in [-0.4, -0.2) is 20.5 Å². The average molecular weight is 286 g/mol. The van der Waals surface area contributed by atoms with Gasteiger partial charge in [0.15, 0.2) is 0 Å². The van der Waals surface area contributed by atoms with Gasteiger partial charge in [0.05, 0.1) is 0 Å². The van der Waals surface area contributed by atoms with E-state index in [1.807, 2.05) is 0 Å². The molecule has 0 saturated carbocycles. The average Bonchev–Trinajstić information content (AvgIpc) is 2.15. The van der Waals surface area contributed by atoms with Crippen molar-refractivity contribution in [1.82, 2.24) is 0 Å². The molecule has 0 bridgehead atoms. The first-order valence-electron chi connectivity index (χ1n) is 3.98. The van der Waals surface area contributed by atoms with Gasteiger partial charge in [-0.2, -0.15) is 0 Å². The first-order valence-corrected chi connectivity index (χ1v) is 7.88. The third kappa shape index (κ3) is 2.97. The van der Waals surface area contributed by atoms with Gasteiger partial charge in [-0.15, -0.1) is 0 Å². The molecular formula is C9H9O3SY. The Morgan fingerprint density at radius 3 is 2.14 bits per heavy atom. The van der Waals surface area contributed by atoms with Crippen molar-refractivity contribution in [3.05, 3.63) is 29.8 Å². The summed E-state index contributed by atoms with van der Waals surface area (Å²) in [5.74, 6) is 0.0763. The van der Waals surface area contributed by atoms with Crippen molar-refractivity contribution in [2.24, 2.45) is 0 Å². The van der Waals surface area contributed by atoms with Crippen LogP contribution in [0.2, 0.25) is 3.23 Å². The molecule has 72 valence electrons. The fourth-order valence-corrected chi connectivity index (χ4v) is 2.22. The topological polar surface area (TPSA) is 51.2 Å². The Morgan fingerprint density at radius 1 is 1.29 bits per heavy atom. The van der Waals surface area contributed by atoms with E-state index in [4.69, 9.17) is 0 Å². The van der Waals surface area contributed by atoms with Crippen molar-refractivity contribution in [3.63, 3.8) is 0 Å². The molecule has 0 N–H and O–H groups in total. The van der Waals surface area contributed by atoms with Crippen LogP contribution in [0.1, 0.15) is 10.4 Å². The van der Waals surface area contributed by atoms with Crippen molar-refractivity contribution in [3.8, 4) is 0 Å². The number of benzene rings is 1. The second kappa shape index (κ2) is 4.64. The molecule has 0 unspecified atom stereocenters. The zero-order valence-electron chi connectivity index (χ0n) is 7.73. The second-order valence-electron chi connectivity index (χ2n) is 2.92. The number of Topliss-reactive ketones (excluding diaryl/α,β-unsaturated/α-hetero) is 1. The number of rotatable bonds is 3. The van der Waals surface area contributed by atoms with Gasteiger partial charge in [0.2, 0.25) is 0 Å². The Hall–Kier alpha value is -0.0561. The minimum atomic E-state index is -3.16. The molecule has 0 aliphatic rings. The molecule has 14 heavy (non-hydrogen) atoms. The van der Waals surface area contributed by atoms with Gasteiger partial charge in [0.25, 0.3) is 0 Å². The fourth-order valence-electron chi connectivity index (χ4n) is 1.01. The van der Waals surface area contributed by atoms with E-state index < -0.39 is 9.84 Å². The van der Waals surface area contributed by atoms with E-state index in [9.17, 15) is 13.2 Å². The molecule has 1 aromatic carbocycles. The fraction of sp³-hybridized carbons (Fsp3) is 0.222. The van der Waals surface area contributed by atoms with Gasteiger partial charge in [-0.05, 0) is 0 Å². The molecule has 1 rings (SSSR count). The number of ketones is 1. The zero-order chi connectivity index (χ0) is 10.8. The SMILES string of the molecule is CS(=O)(=O)c1ccc(C(=O)[CH2][Y])cc1. The van der Waals surface area contributed by atoms with E-state index in [-0.39, 0.29) is 10.7 Å². The Kier molecular flexibility index (Phi) is 3.98. The van der Waals surface area contributed by atoms with Crippen LogP contribution in [0.5, 0.6) is 0 Å². The summed E-state index contributed by atoms with van der Waals surface area (Å²) in [6, 6.07) is 6.07. The summed E-state index contributed by atoms with van der Waals surface area (Å²) in [4.78, 5) is 11.5. The van der Waals surface area contributed by atoms with Gasteiger partial charge in [0, 0.05) is 0 Å². The summed E-state index contributed by atoms with van der Waals surface area (Å²) in [5.41, 5.74) is 0.588. The Labute approximate surface area is 103 Å². The summed E-state index contributed by atoms with van der Waals surface area (Å²) >= 11 is 0.889. The summed E-state index contributed by atoms with van der Waals surface area (Å²) in [6.45, 7) is 0. The van der Waals surface area contributed by atoms with Crippen LogP contribution < -0.4 is 0 Å². The molecule has 0 aromatic heterocycles. The van der Waals surface area contributed by atoms with E-state index in [1.165, 1.54) is 12.1 Å². The van der Waals surface area contributed by atoms with Gasteiger partial charge in [-0.1, -0.05) is 0 Å². The van der Waals surface area contributed by atoms with Crippen molar-refractivity contribution < 1.29 is 44.2 Å². The standard InChI is InChI=1S/C9H9O3S.Y/c1-7(10)8-3-5-9(6-4-8)13(2,11)12;/h3-6H,1H2,2H3;. The monoisotopic (exact) mass is 286 g/mol. The number of hydrogen-bond acceptors (Lipinski definition) is 3. The van der Waals surface area contributed by atoms with Gasteiger partial charge in [-0.25, -0.2) is 0 Å². The second-order valence-corrected chi connectivity index (χ2v) is 5.94. The Balaban J connectivity index is 3.07. The molecule has 0 heterocycles. The number of carbonyl (C=O) groups is 1. The van der Waals surface area contributed by atoms with E-state index in [2.05, 4.69) is 0 Å². The van der Waals surface area contributed by atoms with Crippen molar-refractivity contribution in [2.75, 3.05) is 6.26 Å². The van der Waals surface area contributed by atoms with Crippen molar-refractivity contribution >= 4 is 15.6 Å². The molecule has 0 fully saturated rings. The van der Waals surface area contributed by atoms with Crippen LogP contribution in [0.15, 0.2) is 29.2 Å². The summed E-state index contributed by atoms with van der Waals surface area (Å²) < 4.78 is 22.8. The summed E-state index contributed by atoms with van der Waals surface area (Å²) in [7, 11) is -3.16. The maximum absolute atomic E-state index is 11.3. The number of carbonyl (C=O) groups excluding carboxylic acids is 1.